The van der Waals surface area contributed by atoms with Crippen molar-refractivity contribution in [2.75, 3.05) is 0 Å². The van der Waals surface area contributed by atoms with Gasteiger partial charge in [0, 0.05) is 4.47 Å². The van der Waals surface area contributed by atoms with Gasteiger partial charge in [0.1, 0.15) is 0 Å². The Morgan fingerprint density at radius 3 is 2.58 bits per heavy atom. The summed E-state index contributed by atoms with van der Waals surface area (Å²) in [6.07, 6.45) is 0.329. The molecule has 1 aromatic carbocycles. The van der Waals surface area contributed by atoms with Gasteiger partial charge in [0.05, 0.1) is 15.6 Å². The Hall–Kier alpha value is -0.120. The zero-order chi connectivity index (χ0) is 9.30. The summed E-state index contributed by atoms with van der Waals surface area (Å²) in [5.74, 6) is -0.800. The van der Waals surface area contributed by atoms with Crippen LogP contribution in [0.2, 0.25) is 10.0 Å². The molecule has 0 bridgehead atoms. The zero-order valence-corrected chi connectivity index (χ0v) is 8.67. The van der Waals surface area contributed by atoms with Crippen molar-refractivity contribution in [3.05, 3.63) is 32.0 Å². The Bertz CT molecular complexity index is 341. The summed E-state index contributed by atoms with van der Waals surface area (Å²) in [6, 6.07) is 1.37. The summed E-state index contributed by atoms with van der Waals surface area (Å²) >= 11 is 14.0. The number of rotatable bonds is 1. The van der Waals surface area contributed by atoms with E-state index in [2.05, 4.69) is 15.9 Å². The molecule has 64 valence electrons. The van der Waals surface area contributed by atoms with E-state index in [9.17, 15) is 9.18 Å². The number of halogens is 4. The fraction of sp³-hybridized carbons (Fsp3) is 0. The van der Waals surface area contributed by atoms with Crippen molar-refractivity contribution in [1.29, 1.82) is 0 Å². The molecule has 0 amide bonds. The second-order valence-corrected chi connectivity index (χ2v) is 3.64. The summed E-state index contributed by atoms with van der Waals surface area (Å²) in [5, 5.41) is -0.0970. The quantitative estimate of drug-likeness (QED) is 0.432. The van der Waals surface area contributed by atoms with E-state index < -0.39 is 5.82 Å². The van der Waals surface area contributed by atoms with Crippen LogP contribution < -0.4 is 0 Å². The lowest BCUT2D eigenvalue weighted by molar-refractivity contribution is 0.112. The predicted octanol–water partition coefficient (Wildman–Crippen LogP) is 3.71. The van der Waals surface area contributed by atoms with Crippen molar-refractivity contribution in [3.63, 3.8) is 0 Å². The standard InChI is InChI=1S/C7H2BrCl2FO/c8-4-1-5(9)3(2-12)7(11)6(4)10/h1-2H. The second-order valence-electron chi connectivity index (χ2n) is 2.00. The minimum atomic E-state index is -0.800. The molecule has 0 radical (unpaired) electrons. The third kappa shape index (κ3) is 1.63. The van der Waals surface area contributed by atoms with Crippen molar-refractivity contribution in [3.8, 4) is 0 Å². The Kier molecular flexibility index (Phi) is 3.09. The molecule has 1 nitrogen and oxygen atoms in total. The zero-order valence-electron chi connectivity index (χ0n) is 5.57. The number of carbonyl (C=O) groups is 1. The molecule has 0 unspecified atom stereocenters. The van der Waals surface area contributed by atoms with E-state index in [1.54, 1.807) is 0 Å². The van der Waals surface area contributed by atoms with Crippen LogP contribution in [0.5, 0.6) is 0 Å². The summed E-state index contributed by atoms with van der Waals surface area (Å²) in [6.45, 7) is 0. The third-order valence-electron chi connectivity index (χ3n) is 1.27. The molecule has 5 heteroatoms. The highest BCUT2D eigenvalue weighted by molar-refractivity contribution is 9.10. The first-order valence-corrected chi connectivity index (χ1v) is 4.41. The Labute approximate surface area is 86.6 Å². The lowest BCUT2D eigenvalue weighted by Gasteiger charge is -2.02. The van der Waals surface area contributed by atoms with Crippen LogP contribution in [0.4, 0.5) is 4.39 Å². The molecule has 0 saturated heterocycles. The van der Waals surface area contributed by atoms with Crippen LogP contribution in [-0.4, -0.2) is 6.29 Å². The van der Waals surface area contributed by atoms with Crippen LogP contribution >= 0.6 is 39.1 Å². The molecule has 1 rings (SSSR count). The largest absolute Gasteiger partial charge is 0.298 e. The van der Waals surface area contributed by atoms with Gasteiger partial charge in [-0.05, 0) is 22.0 Å². The normalized spacial score (nSPS) is 10.0. The average molecular weight is 272 g/mol. The molecule has 12 heavy (non-hydrogen) atoms. The molecule has 0 N–H and O–H groups in total. The van der Waals surface area contributed by atoms with E-state index in [-0.39, 0.29) is 15.6 Å². The van der Waals surface area contributed by atoms with Crippen LogP contribution in [0.3, 0.4) is 0 Å². The second kappa shape index (κ2) is 3.73. The number of carbonyl (C=O) groups excluding carboxylic acids is 1. The fourth-order valence-corrected chi connectivity index (χ4v) is 1.62. The van der Waals surface area contributed by atoms with Crippen molar-refractivity contribution in [2.45, 2.75) is 0 Å². The molecular weight excluding hydrogens is 270 g/mol. The summed E-state index contributed by atoms with van der Waals surface area (Å²) in [5.41, 5.74) is -0.218. The lowest BCUT2D eigenvalue weighted by atomic mass is 10.2. The molecule has 0 aromatic heterocycles. The van der Waals surface area contributed by atoms with Crippen LogP contribution in [0, 0.1) is 5.82 Å². The van der Waals surface area contributed by atoms with E-state index in [1.165, 1.54) is 6.07 Å². The maximum absolute atomic E-state index is 13.0. The Balaban J connectivity index is 3.51. The van der Waals surface area contributed by atoms with Gasteiger partial charge in [0.25, 0.3) is 0 Å². The van der Waals surface area contributed by atoms with Gasteiger partial charge in [0.2, 0.25) is 0 Å². The smallest absolute Gasteiger partial charge is 0.154 e. The van der Waals surface area contributed by atoms with E-state index >= 15 is 0 Å². The molecule has 0 saturated carbocycles. The first kappa shape index (κ1) is 9.96. The number of hydrogen-bond donors (Lipinski definition) is 0. The molecule has 0 aliphatic rings. The van der Waals surface area contributed by atoms with Crippen molar-refractivity contribution in [1.82, 2.24) is 0 Å². The minimum Gasteiger partial charge on any atom is -0.298 e. The molecule has 0 heterocycles. The van der Waals surface area contributed by atoms with Gasteiger partial charge in [-0.2, -0.15) is 0 Å². The number of benzene rings is 1. The molecule has 0 spiro atoms. The van der Waals surface area contributed by atoms with Crippen LogP contribution in [0.1, 0.15) is 10.4 Å². The maximum atomic E-state index is 13.0. The highest BCUT2D eigenvalue weighted by Gasteiger charge is 2.13. The van der Waals surface area contributed by atoms with Crippen molar-refractivity contribution in [2.24, 2.45) is 0 Å². The van der Waals surface area contributed by atoms with Gasteiger partial charge in [-0.15, -0.1) is 0 Å². The summed E-state index contributed by atoms with van der Waals surface area (Å²) < 4.78 is 13.4. The molecule has 1 aromatic rings. The average Bonchev–Trinajstić information content (AvgIpc) is 2.01. The minimum absolute atomic E-state index is 0.0405. The summed E-state index contributed by atoms with van der Waals surface area (Å²) in [4.78, 5) is 10.3. The molecule has 0 aliphatic heterocycles. The highest BCUT2D eigenvalue weighted by atomic mass is 79.9. The monoisotopic (exact) mass is 270 g/mol. The molecule has 0 fully saturated rings. The Morgan fingerprint density at radius 2 is 2.08 bits per heavy atom. The molecule has 0 aliphatic carbocycles. The van der Waals surface area contributed by atoms with Gasteiger partial charge in [0.15, 0.2) is 12.1 Å². The van der Waals surface area contributed by atoms with Gasteiger partial charge < -0.3 is 0 Å². The van der Waals surface area contributed by atoms with Crippen LogP contribution in [0.25, 0.3) is 0 Å². The van der Waals surface area contributed by atoms with E-state index in [0.717, 1.165) is 0 Å². The molecule has 0 atom stereocenters. The van der Waals surface area contributed by atoms with E-state index in [1.807, 2.05) is 0 Å². The predicted molar refractivity (Wildman–Crippen MR) is 49.5 cm³/mol. The van der Waals surface area contributed by atoms with Crippen molar-refractivity contribution < 1.29 is 9.18 Å². The third-order valence-corrected chi connectivity index (χ3v) is 2.80. The van der Waals surface area contributed by atoms with Gasteiger partial charge >= 0.3 is 0 Å². The van der Waals surface area contributed by atoms with Crippen molar-refractivity contribution >= 4 is 45.4 Å². The maximum Gasteiger partial charge on any atom is 0.154 e. The SMILES string of the molecule is O=Cc1c(Cl)cc(Br)c(Cl)c1F. The number of aldehydes is 1. The van der Waals surface area contributed by atoms with Crippen LogP contribution in [-0.2, 0) is 0 Å². The van der Waals surface area contributed by atoms with E-state index in [0.29, 0.717) is 10.8 Å². The topological polar surface area (TPSA) is 17.1 Å². The van der Waals surface area contributed by atoms with Gasteiger partial charge in [-0.25, -0.2) is 4.39 Å². The van der Waals surface area contributed by atoms with E-state index in [4.69, 9.17) is 23.2 Å². The van der Waals surface area contributed by atoms with Crippen LogP contribution in [0.15, 0.2) is 10.5 Å². The first-order chi connectivity index (χ1) is 5.57. The van der Waals surface area contributed by atoms with Gasteiger partial charge in [-0.1, -0.05) is 23.2 Å². The molecular formula is C7H2BrCl2FO. The first-order valence-electron chi connectivity index (χ1n) is 2.86. The lowest BCUT2D eigenvalue weighted by Crippen LogP contribution is -1.91. The fourth-order valence-electron chi connectivity index (χ4n) is 0.688. The highest BCUT2D eigenvalue weighted by Crippen LogP contribution is 2.31. The Morgan fingerprint density at radius 1 is 1.50 bits per heavy atom. The summed E-state index contributed by atoms with van der Waals surface area (Å²) in [7, 11) is 0. The van der Waals surface area contributed by atoms with Gasteiger partial charge in [-0.3, -0.25) is 4.79 Å². The number of hydrogen-bond acceptors (Lipinski definition) is 1.